The van der Waals surface area contributed by atoms with Crippen molar-refractivity contribution in [2.75, 3.05) is 25.5 Å². The highest BCUT2D eigenvalue weighted by Gasteiger charge is 2.36. The molecule has 4 aromatic rings. The van der Waals surface area contributed by atoms with Crippen molar-refractivity contribution in [3.63, 3.8) is 0 Å². The zero-order chi connectivity index (χ0) is 24.7. The van der Waals surface area contributed by atoms with Gasteiger partial charge in [0, 0.05) is 35.9 Å². The Hall–Kier alpha value is -3.85. The molecule has 1 aromatic heterocycles. The number of alkyl halides is 3. The second kappa shape index (κ2) is 8.74. The number of benzene rings is 3. The molecule has 35 heavy (non-hydrogen) atoms. The molecule has 0 unspecified atom stereocenters. The summed E-state index contributed by atoms with van der Waals surface area (Å²) < 4.78 is 41.4. The predicted molar refractivity (Wildman–Crippen MR) is 130 cm³/mol. The number of carbonyl (C=O) groups is 1. The maximum Gasteiger partial charge on any atom is 0.435 e. The smallest absolute Gasteiger partial charge is 0.358 e. The van der Waals surface area contributed by atoms with Crippen LogP contribution in [0.15, 0.2) is 71.7 Å². The van der Waals surface area contributed by atoms with Crippen LogP contribution in [0.1, 0.15) is 21.7 Å². The summed E-state index contributed by atoms with van der Waals surface area (Å²) in [7, 11) is 1.95. The number of hydrogen-bond donors (Lipinski definition) is 1. The molecule has 1 N–H and O–H groups in total. The standard InChI is InChI=1S/C25H19ClF3N5O/c1-33-11-10-30-23(33)15-3-7-19(8-4-15)31-24(35)21-14-22(25(27,28)29)32-34(21)20-9-5-16-12-18(26)6-2-17(16)13-20/h2-9,12-14H,10-11H2,1H3,(H,31,35). The molecule has 3 aromatic carbocycles. The molecular weight excluding hydrogens is 479 g/mol. The van der Waals surface area contributed by atoms with E-state index in [1.54, 1.807) is 48.5 Å². The number of halogens is 4. The zero-order valence-corrected chi connectivity index (χ0v) is 19.2. The molecule has 0 spiro atoms. The normalized spacial score (nSPS) is 13.9. The first-order valence-corrected chi connectivity index (χ1v) is 11.1. The number of rotatable bonds is 4. The summed E-state index contributed by atoms with van der Waals surface area (Å²) >= 11 is 6.02. The monoisotopic (exact) mass is 497 g/mol. The number of hydrogen-bond acceptors (Lipinski definition) is 4. The maximum atomic E-state index is 13.5. The number of amides is 1. The molecule has 0 saturated carbocycles. The van der Waals surface area contributed by atoms with Gasteiger partial charge in [0.2, 0.25) is 0 Å². The number of carbonyl (C=O) groups excluding carboxylic acids is 1. The summed E-state index contributed by atoms with van der Waals surface area (Å²) in [4.78, 5) is 19.5. The van der Waals surface area contributed by atoms with Crippen LogP contribution in [-0.4, -0.2) is 46.6 Å². The fourth-order valence-electron chi connectivity index (χ4n) is 3.96. The molecule has 0 bridgehead atoms. The molecule has 1 aliphatic rings. The molecule has 0 aliphatic carbocycles. The molecule has 0 radical (unpaired) electrons. The van der Waals surface area contributed by atoms with Crippen molar-refractivity contribution in [3.05, 3.63) is 88.7 Å². The van der Waals surface area contributed by atoms with Crippen LogP contribution in [0, 0.1) is 0 Å². The fraction of sp³-hybridized carbons (Fsp3) is 0.160. The molecule has 178 valence electrons. The molecule has 0 fully saturated rings. The zero-order valence-electron chi connectivity index (χ0n) is 18.5. The fourth-order valence-corrected chi connectivity index (χ4v) is 4.14. The first kappa shape index (κ1) is 22.9. The van der Waals surface area contributed by atoms with Gasteiger partial charge in [0.1, 0.15) is 11.5 Å². The Morgan fingerprint density at radius 3 is 2.40 bits per heavy atom. The minimum absolute atomic E-state index is 0.241. The molecular formula is C25H19ClF3N5O. The summed E-state index contributed by atoms with van der Waals surface area (Å²) in [6.45, 7) is 1.55. The van der Waals surface area contributed by atoms with Crippen molar-refractivity contribution in [2.24, 2.45) is 4.99 Å². The lowest BCUT2D eigenvalue weighted by atomic mass is 10.1. The van der Waals surface area contributed by atoms with Crippen LogP contribution in [0.5, 0.6) is 0 Å². The van der Waals surface area contributed by atoms with E-state index < -0.39 is 17.8 Å². The summed E-state index contributed by atoms with van der Waals surface area (Å²) in [5.74, 6) is 0.139. The Balaban J connectivity index is 1.47. The lowest BCUT2D eigenvalue weighted by Gasteiger charge is -2.14. The third kappa shape index (κ3) is 4.59. The van der Waals surface area contributed by atoms with Crippen LogP contribution in [0.3, 0.4) is 0 Å². The third-order valence-electron chi connectivity index (χ3n) is 5.72. The molecule has 1 amide bonds. The molecule has 1 aliphatic heterocycles. The van der Waals surface area contributed by atoms with Gasteiger partial charge >= 0.3 is 6.18 Å². The Kier molecular flexibility index (Phi) is 5.72. The SMILES string of the molecule is CN1CCN=C1c1ccc(NC(=O)c2cc(C(F)(F)F)nn2-c2ccc3cc(Cl)ccc3c2)cc1. The van der Waals surface area contributed by atoms with E-state index in [2.05, 4.69) is 15.4 Å². The number of anilines is 1. The van der Waals surface area contributed by atoms with Crippen LogP contribution >= 0.6 is 11.6 Å². The quantitative estimate of drug-likeness (QED) is 0.397. The number of aliphatic imine (C=N–C) groups is 1. The third-order valence-corrected chi connectivity index (χ3v) is 5.96. The average molecular weight is 498 g/mol. The summed E-state index contributed by atoms with van der Waals surface area (Å²) in [5, 5.41) is 8.47. The second-order valence-corrected chi connectivity index (χ2v) is 8.59. The lowest BCUT2D eigenvalue weighted by Crippen LogP contribution is -2.23. The van der Waals surface area contributed by atoms with E-state index in [1.807, 2.05) is 24.1 Å². The van der Waals surface area contributed by atoms with Gasteiger partial charge in [0.25, 0.3) is 5.91 Å². The van der Waals surface area contributed by atoms with Gasteiger partial charge in [-0.2, -0.15) is 18.3 Å². The van der Waals surface area contributed by atoms with E-state index in [1.165, 1.54) is 0 Å². The largest absolute Gasteiger partial charge is 0.435 e. The number of nitrogens with zero attached hydrogens (tertiary/aromatic N) is 4. The van der Waals surface area contributed by atoms with Gasteiger partial charge in [-0.1, -0.05) is 23.7 Å². The van der Waals surface area contributed by atoms with Gasteiger partial charge in [-0.3, -0.25) is 9.79 Å². The van der Waals surface area contributed by atoms with Crippen LogP contribution in [-0.2, 0) is 6.18 Å². The van der Waals surface area contributed by atoms with Crippen LogP contribution in [0.2, 0.25) is 5.02 Å². The van der Waals surface area contributed by atoms with Crippen molar-refractivity contribution in [1.82, 2.24) is 14.7 Å². The Morgan fingerprint density at radius 2 is 1.71 bits per heavy atom. The maximum absolute atomic E-state index is 13.5. The van der Waals surface area contributed by atoms with Gasteiger partial charge in [0.05, 0.1) is 12.2 Å². The van der Waals surface area contributed by atoms with Crippen molar-refractivity contribution in [1.29, 1.82) is 0 Å². The van der Waals surface area contributed by atoms with E-state index in [4.69, 9.17) is 11.6 Å². The average Bonchev–Trinajstić information content (AvgIpc) is 3.46. The van der Waals surface area contributed by atoms with Crippen LogP contribution < -0.4 is 5.32 Å². The summed E-state index contributed by atoms with van der Waals surface area (Å²) in [5.41, 5.74) is 0.252. The Labute approximate surface area is 203 Å². The van der Waals surface area contributed by atoms with E-state index >= 15 is 0 Å². The summed E-state index contributed by atoms with van der Waals surface area (Å²) in [6.07, 6.45) is -4.71. The lowest BCUT2D eigenvalue weighted by molar-refractivity contribution is -0.141. The topological polar surface area (TPSA) is 62.5 Å². The molecule has 0 atom stereocenters. The second-order valence-electron chi connectivity index (χ2n) is 8.16. The number of nitrogens with one attached hydrogen (secondary N) is 1. The highest BCUT2D eigenvalue weighted by molar-refractivity contribution is 6.31. The highest BCUT2D eigenvalue weighted by atomic mass is 35.5. The first-order valence-electron chi connectivity index (χ1n) is 10.7. The van der Waals surface area contributed by atoms with E-state index in [9.17, 15) is 18.0 Å². The van der Waals surface area contributed by atoms with Crippen molar-refractivity contribution < 1.29 is 18.0 Å². The Morgan fingerprint density at radius 1 is 1.00 bits per heavy atom. The molecule has 5 rings (SSSR count). The van der Waals surface area contributed by atoms with Gasteiger partial charge in [-0.25, -0.2) is 4.68 Å². The summed E-state index contributed by atoms with van der Waals surface area (Å²) in [6, 6.07) is 17.9. The van der Waals surface area contributed by atoms with Crippen LogP contribution in [0.25, 0.3) is 16.5 Å². The van der Waals surface area contributed by atoms with E-state index in [0.29, 0.717) is 16.4 Å². The molecule has 10 heteroatoms. The highest BCUT2D eigenvalue weighted by Crippen LogP contribution is 2.31. The number of amidine groups is 1. The van der Waals surface area contributed by atoms with Crippen LogP contribution in [0.4, 0.5) is 18.9 Å². The predicted octanol–water partition coefficient (Wildman–Crippen LogP) is 5.64. The van der Waals surface area contributed by atoms with E-state index in [-0.39, 0.29) is 5.69 Å². The minimum Gasteiger partial charge on any atom is -0.358 e. The van der Waals surface area contributed by atoms with Crippen molar-refractivity contribution in [2.45, 2.75) is 6.18 Å². The molecule has 0 saturated heterocycles. The van der Waals surface area contributed by atoms with Gasteiger partial charge in [-0.05, 0) is 59.3 Å². The minimum atomic E-state index is -4.71. The number of aromatic nitrogens is 2. The van der Waals surface area contributed by atoms with Gasteiger partial charge in [0.15, 0.2) is 5.69 Å². The molecule has 6 nitrogen and oxygen atoms in total. The number of likely N-dealkylation sites (N-methyl/N-ethyl adjacent to an activating group) is 1. The van der Waals surface area contributed by atoms with Gasteiger partial charge in [-0.15, -0.1) is 0 Å². The van der Waals surface area contributed by atoms with E-state index in [0.717, 1.165) is 46.0 Å². The Bertz CT molecular complexity index is 1460. The molecule has 2 heterocycles. The first-order chi connectivity index (χ1) is 16.7. The number of fused-ring (bicyclic) bond motifs is 1. The van der Waals surface area contributed by atoms with Crippen molar-refractivity contribution >= 4 is 39.8 Å². The van der Waals surface area contributed by atoms with Crippen molar-refractivity contribution in [3.8, 4) is 5.69 Å². The van der Waals surface area contributed by atoms with Gasteiger partial charge < -0.3 is 10.2 Å².